The molecule has 0 saturated carbocycles. The molecule has 1 aromatic heterocycles. The Hall–Kier alpha value is -2.74. The molecular weight excluding hydrogens is 264 g/mol. The van der Waals surface area contributed by atoms with Crippen molar-refractivity contribution in [3.05, 3.63) is 47.7 Å². The second-order valence-electron chi connectivity index (χ2n) is 4.90. The van der Waals surface area contributed by atoms with Crippen LogP contribution in [0.1, 0.15) is 25.0 Å². The van der Waals surface area contributed by atoms with Crippen LogP contribution in [0.3, 0.4) is 0 Å². The van der Waals surface area contributed by atoms with Crippen LogP contribution in [0.25, 0.3) is 0 Å². The van der Waals surface area contributed by atoms with Crippen molar-refractivity contribution in [1.82, 2.24) is 4.98 Å². The van der Waals surface area contributed by atoms with Gasteiger partial charge in [-0.1, -0.05) is 6.07 Å². The number of nitrogen functional groups attached to an aromatic ring is 1. The number of rotatable bonds is 5. The van der Waals surface area contributed by atoms with Gasteiger partial charge in [-0.3, -0.25) is 0 Å². The predicted molar refractivity (Wildman–Crippen MR) is 82.9 cm³/mol. The second kappa shape index (κ2) is 6.62. The van der Waals surface area contributed by atoms with Crippen LogP contribution in [0.5, 0.6) is 5.88 Å². The molecular formula is C16H18N4O. The summed E-state index contributed by atoms with van der Waals surface area (Å²) in [6.07, 6.45) is 1.76. The molecule has 2 rings (SSSR count). The summed E-state index contributed by atoms with van der Waals surface area (Å²) in [5, 5.41) is 12.4. The minimum Gasteiger partial charge on any atom is -0.475 e. The Balaban J connectivity index is 2.15. The largest absolute Gasteiger partial charge is 0.475 e. The molecule has 0 fully saturated rings. The highest BCUT2D eigenvalue weighted by Crippen LogP contribution is 2.21. The number of ether oxygens (including phenoxy) is 1. The molecule has 0 radical (unpaired) electrons. The zero-order valence-electron chi connectivity index (χ0n) is 12.1. The highest BCUT2D eigenvalue weighted by molar-refractivity contribution is 5.63. The molecule has 5 heteroatoms. The summed E-state index contributed by atoms with van der Waals surface area (Å²) in [5.41, 5.74) is 8.45. The number of hydrogen-bond donors (Lipinski definition) is 2. The number of pyridine rings is 1. The van der Waals surface area contributed by atoms with Gasteiger partial charge >= 0.3 is 0 Å². The molecule has 0 aliphatic rings. The van der Waals surface area contributed by atoms with Crippen LogP contribution in [-0.2, 0) is 6.54 Å². The molecule has 0 aliphatic carbocycles. The van der Waals surface area contributed by atoms with Gasteiger partial charge < -0.3 is 15.8 Å². The lowest BCUT2D eigenvalue weighted by Gasteiger charge is -2.14. The summed E-state index contributed by atoms with van der Waals surface area (Å²) in [6.45, 7) is 4.44. The van der Waals surface area contributed by atoms with Gasteiger partial charge in [0.25, 0.3) is 0 Å². The van der Waals surface area contributed by atoms with E-state index < -0.39 is 0 Å². The van der Waals surface area contributed by atoms with E-state index in [1.54, 1.807) is 24.4 Å². The van der Waals surface area contributed by atoms with Gasteiger partial charge in [-0.2, -0.15) is 5.26 Å². The van der Waals surface area contributed by atoms with E-state index in [1.165, 1.54) is 0 Å². The van der Waals surface area contributed by atoms with Crippen molar-refractivity contribution < 1.29 is 4.74 Å². The quantitative estimate of drug-likeness (QED) is 0.824. The van der Waals surface area contributed by atoms with E-state index in [0.29, 0.717) is 23.7 Å². The first kappa shape index (κ1) is 14.7. The average molecular weight is 282 g/mol. The minimum absolute atomic E-state index is 0.0600. The first-order chi connectivity index (χ1) is 10.1. The van der Waals surface area contributed by atoms with Crippen molar-refractivity contribution in [3.8, 4) is 11.9 Å². The summed E-state index contributed by atoms with van der Waals surface area (Å²) in [6, 6.07) is 11.1. The highest BCUT2D eigenvalue weighted by Gasteiger charge is 2.08. The molecule has 0 bridgehead atoms. The van der Waals surface area contributed by atoms with Gasteiger partial charge in [0.2, 0.25) is 5.88 Å². The SMILES string of the molecule is CC(C)Oc1ncccc1CNc1ccc(N)cc1C#N. The number of nitrogens with one attached hydrogen (secondary N) is 1. The molecule has 0 unspecified atom stereocenters. The smallest absolute Gasteiger partial charge is 0.218 e. The maximum absolute atomic E-state index is 9.13. The fourth-order valence-corrected chi connectivity index (χ4v) is 1.89. The summed E-state index contributed by atoms with van der Waals surface area (Å²) in [7, 11) is 0. The lowest BCUT2D eigenvalue weighted by Crippen LogP contribution is -2.11. The van der Waals surface area contributed by atoms with Gasteiger partial charge in [0.1, 0.15) is 6.07 Å². The van der Waals surface area contributed by atoms with Crippen LogP contribution >= 0.6 is 0 Å². The summed E-state index contributed by atoms with van der Waals surface area (Å²) < 4.78 is 5.67. The molecule has 1 heterocycles. The third-order valence-electron chi connectivity index (χ3n) is 2.83. The monoisotopic (exact) mass is 282 g/mol. The first-order valence-electron chi connectivity index (χ1n) is 6.74. The van der Waals surface area contributed by atoms with Crippen LogP contribution < -0.4 is 15.8 Å². The molecule has 0 spiro atoms. The molecule has 0 aliphatic heterocycles. The number of nitrogens with two attached hydrogens (primary N) is 1. The Morgan fingerprint density at radius 3 is 2.90 bits per heavy atom. The maximum Gasteiger partial charge on any atom is 0.218 e. The van der Waals surface area contributed by atoms with Crippen molar-refractivity contribution in [2.24, 2.45) is 0 Å². The number of benzene rings is 1. The highest BCUT2D eigenvalue weighted by atomic mass is 16.5. The summed E-state index contributed by atoms with van der Waals surface area (Å²) in [4.78, 5) is 4.24. The number of anilines is 2. The van der Waals surface area contributed by atoms with E-state index in [1.807, 2.05) is 26.0 Å². The van der Waals surface area contributed by atoms with E-state index >= 15 is 0 Å². The molecule has 0 saturated heterocycles. The van der Waals surface area contributed by atoms with Crippen molar-refractivity contribution >= 4 is 11.4 Å². The summed E-state index contributed by atoms with van der Waals surface area (Å²) in [5.74, 6) is 0.606. The van der Waals surface area contributed by atoms with Gasteiger partial charge in [0.05, 0.1) is 17.4 Å². The Kier molecular flexibility index (Phi) is 4.62. The molecule has 0 amide bonds. The summed E-state index contributed by atoms with van der Waals surface area (Å²) >= 11 is 0. The number of aromatic nitrogens is 1. The van der Waals surface area contributed by atoms with Crippen molar-refractivity contribution in [1.29, 1.82) is 5.26 Å². The zero-order chi connectivity index (χ0) is 15.2. The number of hydrogen-bond acceptors (Lipinski definition) is 5. The molecule has 2 aromatic rings. The van der Waals surface area contributed by atoms with E-state index in [-0.39, 0.29) is 6.10 Å². The van der Waals surface area contributed by atoms with Gasteiger partial charge in [0.15, 0.2) is 0 Å². The topological polar surface area (TPSA) is 84.0 Å². The normalized spacial score (nSPS) is 10.2. The standard InChI is InChI=1S/C16H18N4O/c1-11(2)21-16-12(4-3-7-19-16)10-20-15-6-5-14(18)8-13(15)9-17/h3-8,11,20H,10,18H2,1-2H3. The third kappa shape index (κ3) is 3.86. The third-order valence-corrected chi connectivity index (χ3v) is 2.83. The van der Waals surface area contributed by atoms with E-state index in [0.717, 1.165) is 11.3 Å². The Morgan fingerprint density at radius 1 is 1.38 bits per heavy atom. The predicted octanol–water partition coefficient (Wildman–Crippen LogP) is 2.93. The van der Waals surface area contributed by atoms with E-state index in [9.17, 15) is 0 Å². The number of nitriles is 1. The Morgan fingerprint density at radius 2 is 2.19 bits per heavy atom. The van der Waals surface area contributed by atoms with Gasteiger partial charge in [-0.15, -0.1) is 0 Å². The zero-order valence-corrected chi connectivity index (χ0v) is 12.1. The van der Waals surface area contributed by atoms with Crippen molar-refractivity contribution in [2.45, 2.75) is 26.5 Å². The van der Waals surface area contributed by atoms with Crippen molar-refractivity contribution in [2.75, 3.05) is 11.1 Å². The van der Waals surface area contributed by atoms with Gasteiger partial charge in [-0.05, 0) is 38.1 Å². The van der Waals surface area contributed by atoms with Crippen LogP contribution in [-0.4, -0.2) is 11.1 Å². The Labute approximate surface area is 124 Å². The second-order valence-corrected chi connectivity index (χ2v) is 4.90. The lowest BCUT2D eigenvalue weighted by atomic mass is 10.1. The van der Waals surface area contributed by atoms with Crippen molar-refractivity contribution in [3.63, 3.8) is 0 Å². The maximum atomic E-state index is 9.13. The molecule has 0 atom stereocenters. The van der Waals surface area contributed by atoms with E-state index in [4.69, 9.17) is 15.7 Å². The average Bonchev–Trinajstić information content (AvgIpc) is 2.46. The van der Waals surface area contributed by atoms with Crippen LogP contribution in [0.4, 0.5) is 11.4 Å². The van der Waals surface area contributed by atoms with Crippen LogP contribution in [0.2, 0.25) is 0 Å². The van der Waals surface area contributed by atoms with E-state index in [2.05, 4.69) is 16.4 Å². The van der Waals surface area contributed by atoms with Gasteiger partial charge in [-0.25, -0.2) is 4.98 Å². The Bertz CT molecular complexity index is 662. The van der Waals surface area contributed by atoms with Gasteiger partial charge in [0, 0.05) is 24.0 Å². The van der Waals surface area contributed by atoms with Crippen LogP contribution in [0, 0.1) is 11.3 Å². The number of nitrogens with zero attached hydrogens (tertiary/aromatic N) is 2. The minimum atomic E-state index is 0.0600. The molecule has 5 nitrogen and oxygen atoms in total. The first-order valence-corrected chi connectivity index (χ1v) is 6.74. The molecule has 1 aromatic carbocycles. The molecule has 108 valence electrons. The molecule has 21 heavy (non-hydrogen) atoms. The van der Waals surface area contributed by atoms with Crippen LogP contribution in [0.15, 0.2) is 36.5 Å². The lowest BCUT2D eigenvalue weighted by molar-refractivity contribution is 0.230. The fourth-order valence-electron chi connectivity index (χ4n) is 1.89. The molecule has 3 N–H and O–H groups in total. The fraction of sp³-hybridized carbons (Fsp3) is 0.250.